The Labute approximate surface area is 134 Å². The molecule has 8 heteroatoms. The summed E-state index contributed by atoms with van der Waals surface area (Å²) in [6.45, 7) is 3.64. The minimum Gasteiger partial charge on any atom is -0.307 e. The molecule has 0 fully saturated rings. The van der Waals surface area contributed by atoms with Gasteiger partial charge in [0.25, 0.3) is 0 Å². The van der Waals surface area contributed by atoms with Gasteiger partial charge in [0.15, 0.2) is 11.3 Å². The molecule has 0 unspecified atom stereocenters. The van der Waals surface area contributed by atoms with Gasteiger partial charge in [0.1, 0.15) is 5.69 Å². The first kappa shape index (κ1) is 17.4. The number of rotatable bonds is 8. The topological polar surface area (TPSA) is 81.9 Å². The first-order chi connectivity index (χ1) is 11.0. The van der Waals surface area contributed by atoms with Crippen LogP contribution in [-0.4, -0.2) is 24.5 Å². The molecule has 0 amide bonds. The summed E-state index contributed by atoms with van der Waals surface area (Å²) in [4.78, 5) is 11.4. The van der Waals surface area contributed by atoms with Gasteiger partial charge in [0.2, 0.25) is 0 Å². The van der Waals surface area contributed by atoms with Gasteiger partial charge >= 0.3 is 7.60 Å². The predicted molar refractivity (Wildman–Crippen MR) is 89.1 cm³/mol. The third-order valence-electron chi connectivity index (χ3n) is 3.19. The Hall–Kier alpha value is -1.95. The number of benzene rings is 2. The van der Waals surface area contributed by atoms with Gasteiger partial charge in [0.05, 0.1) is 13.2 Å². The van der Waals surface area contributed by atoms with Crippen LogP contribution >= 0.6 is 7.60 Å². The molecular formula is C15H19N2O5P. The van der Waals surface area contributed by atoms with Crippen LogP contribution < -0.4 is 5.01 Å². The molecule has 23 heavy (non-hydrogen) atoms. The maximum Gasteiger partial charge on any atom is 0.356 e. The van der Waals surface area contributed by atoms with Crippen molar-refractivity contribution < 1.29 is 18.6 Å². The summed E-state index contributed by atoms with van der Waals surface area (Å²) in [6, 6.07) is 12.6. The minimum atomic E-state index is -3.57. The molecular weight excluding hydrogens is 319 g/mol. The summed E-state index contributed by atoms with van der Waals surface area (Å²) < 4.78 is 22.9. The Balaban J connectivity index is 2.36. The van der Waals surface area contributed by atoms with Crippen LogP contribution in [0.5, 0.6) is 0 Å². The van der Waals surface area contributed by atoms with Gasteiger partial charge in [0, 0.05) is 0 Å². The molecule has 0 aliphatic carbocycles. The van der Waals surface area contributed by atoms with Gasteiger partial charge in [-0.2, -0.15) is 0 Å². The van der Waals surface area contributed by atoms with Crippen molar-refractivity contribution >= 4 is 24.1 Å². The number of hydrogen-bond acceptors (Lipinski definition) is 5. The molecule has 0 saturated heterocycles. The van der Waals surface area contributed by atoms with Crippen molar-refractivity contribution in [3.63, 3.8) is 0 Å². The minimum absolute atomic E-state index is 0.153. The van der Waals surface area contributed by atoms with Crippen LogP contribution in [0, 0.1) is 10.1 Å². The fourth-order valence-electron chi connectivity index (χ4n) is 2.24. The van der Waals surface area contributed by atoms with Gasteiger partial charge in [-0.1, -0.05) is 35.3 Å². The second kappa shape index (κ2) is 7.55. The summed E-state index contributed by atoms with van der Waals surface area (Å²) in [6.07, 6.45) is -0.444. The number of hydrazine groups is 1. The van der Waals surface area contributed by atoms with Crippen molar-refractivity contribution in [2.45, 2.75) is 13.8 Å². The highest BCUT2D eigenvalue weighted by Gasteiger charge is 2.33. The smallest absolute Gasteiger partial charge is 0.307 e. The molecule has 0 radical (unpaired) electrons. The molecule has 124 valence electrons. The maximum atomic E-state index is 12.6. The average Bonchev–Trinajstić information content (AvgIpc) is 2.52. The molecule has 0 aromatic heterocycles. The van der Waals surface area contributed by atoms with Gasteiger partial charge < -0.3 is 9.05 Å². The van der Waals surface area contributed by atoms with E-state index in [0.717, 1.165) is 15.8 Å². The van der Waals surface area contributed by atoms with Crippen LogP contribution in [0.3, 0.4) is 0 Å². The summed E-state index contributed by atoms with van der Waals surface area (Å²) in [5.41, 5.74) is 0.327. The summed E-state index contributed by atoms with van der Waals surface area (Å²) in [5.74, 6) is 0. The highest BCUT2D eigenvalue weighted by Crippen LogP contribution is 2.49. The number of nitrogens with zero attached hydrogens (tertiary/aromatic N) is 2. The van der Waals surface area contributed by atoms with E-state index in [1.165, 1.54) is 0 Å². The van der Waals surface area contributed by atoms with Crippen molar-refractivity contribution in [3.8, 4) is 0 Å². The van der Waals surface area contributed by atoms with Crippen molar-refractivity contribution in [1.82, 2.24) is 0 Å². The Kier molecular flexibility index (Phi) is 5.71. The largest absolute Gasteiger partial charge is 0.356 e. The highest BCUT2D eigenvalue weighted by molar-refractivity contribution is 7.53. The quantitative estimate of drug-likeness (QED) is 0.410. The Morgan fingerprint density at radius 1 is 1.09 bits per heavy atom. The lowest BCUT2D eigenvalue weighted by Crippen LogP contribution is -2.31. The third-order valence-corrected chi connectivity index (χ3v) is 5.10. The lowest BCUT2D eigenvalue weighted by atomic mass is 10.1. The van der Waals surface area contributed by atoms with E-state index < -0.39 is 18.9 Å². The van der Waals surface area contributed by atoms with Gasteiger partial charge in [-0.3, -0.25) is 4.57 Å². The van der Waals surface area contributed by atoms with Crippen molar-refractivity contribution in [1.29, 1.82) is 0 Å². The van der Waals surface area contributed by atoms with Crippen molar-refractivity contribution in [2.24, 2.45) is 0 Å². The van der Waals surface area contributed by atoms with Crippen LogP contribution in [0.15, 0.2) is 42.5 Å². The van der Waals surface area contributed by atoms with Gasteiger partial charge in [-0.15, -0.1) is 0 Å². The molecule has 0 aliphatic rings. The highest BCUT2D eigenvalue weighted by atomic mass is 31.2. The van der Waals surface area contributed by atoms with E-state index in [1.807, 2.05) is 24.3 Å². The molecule has 0 saturated carbocycles. The fourth-order valence-corrected chi connectivity index (χ4v) is 3.86. The Bertz CT molecular complexity index is 727. The number of hydrogen-bond donors (Lipinski definition) is 0. The Morgan fingerprint density at radius 3 is 2.26 bits per heavy atom. The lowest BCUT2D eigenvalue weighted by molar-refractivity contribution is -0.492. The SMILES string of the molecule is CCOP(=O)(CN(c1ccc2ccccc2c1)[N+](=O)[O-])OCC. The molecule has 0 atom stereocenters. The number of anilines is 1. The maximum absolute atomic E-state index is 12.6. The summed E-state index contributed by atoms with van der Waals surface area (Å²) >= 11 is 0. The standard InChI is InChI=1S/C15H19N2O5P/c1-3-21-23(20,22-4-2)12-16(17(18)19)15-10-9-13-7-5-6-8-14(13)11-15/h5-11H,3-4,12H2,1-2H3. The van der Waals surface area contributed by atoms with Gasteiger partial charge in [-0.25, -0.2) is 10.1 Å². The molecule has 0 spiro atoms. The van der Waals surface area contributed by atoms with E-state index in [4.69, 9.17) is 9.05 Å². The van der Waals surface area contributed by atoms with Crippen molar-refractivity contribution in [2.75, 3.05) is 24.5 Å². The van der Waals surface area contributed by atoms with E-state index in [2.05, 4.69) is 0 Å². The van der Waals surface area contributed by atoms with Crippen LogP contribution in [0.2, 0.25) is 0 Å². The molecule has 0 aliphatic heterocycles. The van der Waals surface area contributed by atoms with Crippen LogP contribution in [-0.2, 0) is 13.6 Å². The van der Waals surface area contributed by atoms with E-state index >= 15 is 0 Å². The van der Waals surface area contributed by atoms with E-state index in [0.29, 0.717) is 5.69 Å². The molecule has 2 rings (SSSR count). The normalized spacial score (nSPS) is 11.6. The molecule has 0 heterocycles. The number of fused-ring (bicyclic) bond motifs is 1. The fraction of sp³-hybridized carbons (Fsp3) is 0.333. The molecule has 0 bridgehead atoms. The number of nitro groups is 1. The van der Waals surface area contributed by atoms with E-state index in [1.54, 1.807) is 32.0 Å². The zero-order valence-electron chi connectivity index (χ0n) is 13.0. The van der Waals surface area contributed by atoms with Crippen molar-refractivity contribution in [3.05, 3.63) is 52.6 Å². The second-order valence-corrected chi connectivity index (χ2v) is 6.78. The molecule has 7 nitrogen and oxygen atoms in total. The van der Waals surface area contributed by atoms with E-state index in [9.17, 15) is 14.7 Å². The first-order valence-corrected chi connectivity index (χ1v) is 9.00. The Morgan fingerprint density at radius 2 is 1.70 bits per heavy atom. The third kappa shape index (κ3) is 4.28. The average molecular weight is 338 g/mol. The first-order valence-electron chi connectivity index (χ1n) is 7.28. The zero-order chi connectivity index (χ0) is 16.9. The predicted octanol–water partition coefficient (Wildman–Crippen LogP) is 4.06. The van der Waals surface area contributed by atoms with Crippen LogP contribution in [0.1, 0.15) is 13.8 Å². The van der Waals surface area contributed by atoms with Gasteiger partial charge in [-0.05, 0) is 36.8 Å². The summed E-state index contributed by atoms with van der Waals surface area (Å²) in [7, 11) is -3.57. The lowest BCUT2D eigenvalue weighted by Gasteiger charge is -2.21. The monoisotopic (exact) mass is 338 g/mol. The van der Waals surface area contributed by atoms with E-state index in [-0.39, 0.29) is 13.2 Å². The summed E-state index contributed by atoms with van der Waals surface area (Å²) in [5, 5.41) is 13.5. The van der Waals surface area contributed by atoms with Crippen LogP contribution in [0.4, 0.5) is 5.69 Å². The molecule has 0 N–H and O–H groups in total. The zero-order valence-corrected chi connectivity index (χ0v) is 13.9. The van der Waals surface area contributed by atoms with Crippen LogP contribution in [0.25, 0.3) is 10.8 Å². The molecule has 2 aromatic carbocycles. The molecule has 2 aromatic rings. The second-order valence-electron chi connectivity index (χ2n) is 4.76.